The molecule has 0 bridgehead atoms. The highest BCUT2D eigenvalue weighted by molar-refractivity contribution is 5.98. The van der Waals surface area contributed by atoms with E-state index in [0.717, 1.165) is 24.3 Å². The molecule has 2 amide bonds. The number of aliphatic hydroxyl groups excluding tert-OH is 2. The SMILES string of the molecule is COc1cc(C=O)cc2c1OC1C2C(C(=O)NCCO)=CC(N(CCN2CCOCC2)C(=O)c2ccc(C(F)(F)F)cc2)C1O. The van der Waals surface area contributed by atoms with Crippen molar-refractivity contribution < 1.29 is 52.0 Å². The highest BCUT2D eigenvalue weighted by Gasteiger charge is 2.51. The first kappa shape index (κ1) is 32.4. The van der Waals surface area contributed by atoms with E-state index in [0.29, 0.717) is 44.7 Å². The van der Waals surface area contributed by atoms with Gasteiger partial charge in [-0.2, -0.15) is 13.2 Å². The molecule has 45 heavy (non-hydrogen) atoms. The monoisotopic (exact) mass is 633 g/mol. The fourth-order valence-corrected chi connectivity index (χ4v) is 5.99. The second-order valence-corrected chi connectivity index (χ2v) is 10.9. The van der Waals surface area contributed by atoms with Gasteiger partial charge < -0.3 is 34.6 Å². The van der Waals surface area contributed by atoms with E-state index in [-0.39, 0.29) is 47.9 Å². The van der Waals surface area contributed by atoms with Crippen LogP contribution in [0.15, 0.2) is 48.0 Å². The molecule has 2 aliphatic heterocycles. The summed E-state index contributed by atoms with van der Waals surface area (Å²) in [7, 11) is 1.38. The van der Waals surface area contributed by atoms with Crippen molar-refractivity contribution in [2.45, 2.75) is 30.3 Å². The number of morpholine rings is 1. The summed E-state index contributed by atoms with van der Waals surface area (Å²) in [4.78, 5) is 42.6. The van der Waals surface area contributed by atoms with E-state index < -0.39 is 47.7 Å². The van der Waals surface area contributed by atoms with Gasteiger partial charge in [0.1, 0.15) is 18.5 Å². The van der Waals surface area contributed by atoms with Crippen molar-refractivity contribution in [3.05, 3.63) is 70.3 Å². The number of nitrogens with one attached hydrogen (secondary N) is 1. The molecule has 1 fully saturated rings. The largest absolute Gasteiger partial charge is 0.493 e. The van der Waals surface area contributed by atoms with Crippen molar-refractivity contribution in [1.82, 2.24) is 15.1 Å². The molecule has 1 aliphatic carbocycles. The standard InChI is InChI=1S/C31H34F3N3O8/c1-43-24-15-18(17-39)14-21-25-22(29(41)35-6-11-38)16-23(26(40)28(25)45-27(21)24)37(8-7-36-9-12-44-13-10-36)30(42)19-2-4-20(5-3-19)31(32,33)34/h2-5,14-17,23,25-26,28,38,40H,6-13H2,1H3,(H,35,41). The van der Waals surface area contributed by atoms with Crippen LogP contribution in [0.3, 0.4) is 0 Å². The summed E-state index contributed by atoms with van der Waals surface area (Å²) in [5.41, 5.74) is -0.136. The van der Waals surface area contributed by atoms with Gasteiger partial charge in [-0.1, -0.05) is 0 Å². The van der Waals surface area contributed by atoms with Crippen molar-refractivity contribution in [2.24, 2.45) is 0 Å². The molecular formula is C31H34F3N3O8. The number of fused-ring (bicyclic) bond motifs is 3. The highest BCUT2D eigenvalue weighted by Crippen LogP contribution is 2.51. The van der Waals surface area contributed by atoms with Gasteiger partial charge in [-0.15, -0.1) is 0 Å². The number of halogens is 3. The zero-order valence-electron chi connectivity index (χ0n) is 24.5. The van der Waals surface area contributed by atoms with Gasteiger partial charge in [-0.05, 0) is 42.5 Å². The minimum Gasteiger partial charge on any atom is -0.493 e. The lowest BCUT2D eigenvalue weighted by molar-refractivity contribution is -0.137. The maximum Gasteiger partial charge on any atom is 0.416 e. The zero-order chi connectivity index (χ0) is 32.3. The molecule has 4 atom stereocenters. The van der Waals surface area contributed by atoms with E-state index in [1.807, 2.05) is 0 Å². The van der Waals surface area contributed by atoms with E-state index >= 15 is 0 Å². The Bertz CT molecular complexity index is 1440. The molecular weight excluding hydrogens is 599 g/mol. The molecule has 3 aliphatic rings. The van der Waals surface area contributed by atoms with E-state index in [2.05, 4.69) is 10.2 Å². The van der Waals surface area contributed by atoms with Crippen LogP contribution in [0, 0.1) is 0 Å². The number of methoxy groups -OCH3 is 1. The van der Waals surface area contributed by atoms with Gasteiger partial charge in [0.25, 0.3) is 5.91 Å². The molecule has 11 nitrogen and oxygen atoms in total. The van der Waals surface area contributed by atoms with Crippen molar-refractivity contribution in [3.8, 4) is 11.5 Å². The topological polar surface area (TPSA) is 138 Å². The molecule has 0 radical (unpaired) electrons. The Balaban J connectivity index is 1.56. The molecule has 0 saturated carbocycles. The third kappa shape index (κ3) is 6.69. The smallest absolute Gasteiger partial charge is 0.416 e. The summed E-state index contributed by atoms with van der Waals surface area (Å²) in [6.07, 6.45) is -5.01. The van der Waals surface area contributed by atoms with Gasteiger partial charge in [0, 0.05) is 55.0 Å². The number of aldehydes is 1. The number of nitrogens with zero attached hydrogens (tertiary/aromatic N) is 2. The Labute approximate surface area is 257 Å². The molecule has 0 spiro atoms. The summed E-state index contributed by atoms with van der Waals surface area (Å²) in [5, 5.41) is 23.8. The van der Waals surface area contributed by atoms with Gasteiger partial charge in [0.05, 0.1) is 44.5 Å². The Kier molecular flexibility index (Phi) is 9.77. The Morgan fingerprint density at radius 3 is 2.51 bits per heavy atom. The number of benzene rings is 2. The van der Waals surface area contributed by atoms with Crippen LogP contribution in [-0.4, -0.2) is 116 Å². The maximum atomic E-state index is 14.0. The number of alkyl halides is 3. The van der Waals surface area contributed by atoms with Crippen molar-refractivity contribution in [3.63, 3.8) is 0 Å². The average molecular weight is 634 g/mol. The van der Waals surface area contributed by atoms with Gasteiger partial charge in [-0.3, -0.25) is 19.3 Å². The van der Waals surface area contributed by atoms with Crippen LogP contribution < -0.4 is 14.8 Å². The fraction of sp³-hybridized carbons (Fsp3) is 0.452. The van der Waals surface area contributed by atoms with Crippen LogP contribution in [0.5, 0.6) is 11.5 Å². The number of hydrogen-bond acceptors (Lipinski definition) is 9. The number of aliphatic hydroxyl groups is 2. The Morgan fingerprint density at radius 2 is 1.89 bits per heavy atom. The zero-order valence-corrected chi connectivity index (χ0v) is 24.5. The Hall–Kier alpha value is -3.98. The van der Waals surface area contributed by atoms with Crippen LogP contribution in [0.1, 0.15) is 37.8 Å². The third-order valence-electron chi connectivity index (χ3n) is 8.25. The summed E-state index contributed by atoms with van der Waals surface area (Å²) < 4.78 is 56.8. The summed E-state index contributed by atoms with van der Waals surface area (Å²) in [6.45, 7) is 2.20. The first-order chi connectivity index (χ1) is 21.6. The maximum absolute atomic E-state index is 14.0. The molecule has 2 aromatic carbocycles. The summed E-state index contributed by atoms with van der Waals surface area (Å²) in [6, 6.07) is 5.66. The van der Waals surface area contributed by atoms with Crippen molar-refractivity contribution in [1.29, 1.82) is 0 Å². The molecule has 1 saturated heterocycles. The van der Waals surface area contributed by atoms with Crippen molar-refractivity contribution >= 4 is 18.1 Å². The van der Waals surface area contributed by atoms with Crippen LogP contribution in [0.25, 0.3) is 0 Å². The molecule has 2 aromatic rings. The molecule has 5 rings (SSSR count). The molecule has 2 heterocycles. The first-order valence-corrected chi connectivity index (χ1v) is 14.5. The van der Waals surface area contributed by atoms with Gasteiger partial charge in [0.2, 0.25) is 5.91 Å². The normalized spacial score (nSPS) is 22.8. The van der Waals surface area contributed by atoms with Crippen LogP contribution in [0.4, 0.5) is 13.2 Å². The lowest BCUT2D eigenvalue weighted by atomic mass is 9.77. The highest BCUT2D eigenvalue weighted by atomic mass is 19.4. The third-order valence-corrected chi connectivity index (χ3v) is 8.25. The fourth-order valence-electron chi connectivity index (χ4n) is 5.99. The van der Waals surface area contributed by atoms with E-state index in [9.17, 15) is 37.8 Å². The molecule has 242 valence electrons. The van der Waals surface area contributed by atoms with Crippen LogP contribution >= 0.6 is 0 Å². The number of ether oxygens (including phenoxy) is 3. The van der Waals surface area contributed by atoms with Crippen LogP contribution in [-0.2, 0) is 15.7 Å². The molecule has 14 heteroatoms. The number of amides is 2. The lowest BCUT2D eigenvalue weighted by Gasteiger charge is -2.41. The number of carbonyl (C=O) groups is 3. The van der Waals surface area contributed by atoms with Gasteiger partial charge in [-0.25, -0.2) is 0 Å². The number of rotatable bonds is 10. The summed E-state index contributed by atoms with van der Waals surface area (Å²) >= 11 is 0. The van der Waals surface area contributed by atoms with E-state index in [1.54, 1.807) is 6.07 Å². The number of hydrogen-bond donors (Lipinski definition) is 3. The lowest BCUT2D eigenvalue weighted by Crippen LogP contribution is -2.57. The average Bonchev–Trinajstić information content (AvgIpc) is 3.44. The molecule has 4 unspecified atom stereocenters. The van der Waals surface area contributed by atoms with Gasteiger partial charge in [0.15, 0.2) is 11.5 Å². The quantitative estimate of drug-likeness (QED) is 0.334. The Morgan fingerprint density at radius 1 is 1.18 bits per heavy atom. The predicted molar refractivity (Wildman–Crippen MR) is 153 cm³/mol. The van der Waals surface area contributed by atoms with Crippen molar-refractivity contribution in [2.75, 3.05) is 59.7 Å². The summed E-state index contributed by atoms with van der Waals surface area (Å²) in [5.74, 6) is -1.65. The minimum absolute atomic E-state index is 0.0353. The second-order valence-electron chi connectivity index (χ2n) is 10.9. The molecule has 3 N–H and O–H groups in total. The number of carbonyl (C=O) groups excluding carboxylic acids is 3. The van der Waals surface area contributed by atoms with Crippen LogP contribution in [0.2, 0.25) is 0 Å². The second kappa shape index (κ2) is 13.6. The van der Waals surface area contributed by atoms with E-state index in [1.165, 1.54) is 24.2 Å². The van der Waals surface area contributed by atoms with E-state index in [4.69, 9.17) is 14.2 Å². The minimum atomic E-state index is -4.59. The predicted octanol–water partition coefficient (Wildman–Crippen LogP) is 1.62. The van der Waals surface area contributed by atoms with Gasteiger partial charge >= 0.3 is 6.18 Å². The molecule has 0 aromatic heterocycles. The first-order valence-electron chi connectivity index (χ1n) is 14.5.